The van der Waals surface area contributed by atoms with Crippen molar-refractivity contribution in [2.24, 2.45) is 0 Å². The van der Waals surface area contributed by atoms with Gasteiger partial charge in [0.2, 0.25) is 5.91 Å². The van der Waals surface area contributed by atoms with E-state index in [1.54, 1.807) is 17.0 Å². The molecule has 0 fully saturated rings. The summed E-state index contributed by atoms with van der Waals surface area (Å²) >= 11 is 0. The summed E-state index contributed by atoms with van der Waals surface area (Å²) in [6.07, 6.45) is 3.79. The van der Waals surface area contributed by atoms with E-state index in [0.29, 0.717) is 19.5 Å². The molecule has 0 saturated carbocycles. The molecule has 1 aliphatic heterocycles. The van der Waals surface area contributed by atoms with Crippen LogP contribution in [0, 0.1) is 0 Å². The topological polar surface area (TPSA) is 80.4 Å². The zero-order valence-corrected chi connectivity index (χ0v) is 20.2. The maximum Gasteiger partial charge on any atom is 0.290 e. The van der Waals surface area contributed by atoms with Crippen molar-refractivity contribution in [2.75, 3.05) is 0 Å². The van der Waals surface area contributed by atoms with Gasteiger partial charge in [0.1, 0.15) is 6.04 Å². The van der Waals surface area contributed by atoms with Gasteiger partial charge in [-0.15, -0.1) is 0 Å². The van der Waals surface area contributed by atoms with Crippen molar-refractivity contribution in [3.63, 3.8) is 0 Å². The molecule has 184 valence electrons. The summed E-state index contributed by atoms with van der Waals surface area (Å²) < 4.78 is 7.46. The van der Waals surface area contributed by atoms with E-state index in [0.717, 1.165) is 39.8 Å². The second-order valence-corrected chi connectivity index (χ2v) is 9.29. The Morgan fingerprint density at radius 3 is 2.46 bits per heavy atom. The van der Waals surface area contributed by atoms with E-state index in [1.165, 1.54) is 6.26 Å². The number of aromatic nitrogens is 2. The van der Waals surface area contributed by atoms with E-state index < -0.39 is 6.04 Å². The fraction of sp³-hybridized carbons (Fsp3) is 0.167. The van der Waals surface area contributed by atoms with Crippen molar-refractivity contribution in [2.45, 2.75) is 32.1 Å². The third-order valence-electron chi connectivity index (χ3n) is 6.91. The number of nitrogens with one attached hydrogen (secondary N) is 1. The summed E-state index contributed by atoms with van der Waals surface area (Å²) in [6, 6.07) is 26.9. The van der Waals surface area contributed by atoms with Gasteiger partial charge >= 0.3 is 0 Å². The lowest BCUT2D eigenvalue weighted by Gasteiger charge is -2.35. The molecule has 1 N–H and O–H groups in total. The molecule has 3 aromatic carbocycles. The molecule has 1 atom stereocenters. The van der Waals surface area contributed by atoms with Gasteiger partial charge in [-0.05, 0) is 46.5 Å². The number of carbonyl (C=O) groups is 2. The lowest BCUT2D eigenvalue weighted by molar-refractivity contribution is -0.126. The molecule has 1 aliphatic rings. The molecule has 0 spiro atoms. The van der Waals surface area contributed by atoms with Crippen molar-refractivity contribution >= 4 is 22.8 Å². The predicted octanol–water partition coefficient (Wildman–Crippen LogP) is 4.56. The third kappa shape index (κ3) is 4.63. The van der Waals surface area contributed by atoms with Crippen LogP contribution in [0.4, 0.5) is 0 Å². The normalized spacial score (nSPS) is 14.9. The molecule has 7 nitrogen and oxygen atoms in total. The zero-order valence-electron chi connectivity index (χ0n) is 20.2. The molecule has 37 heavy (non-hydrogen) atoms. The van der Waals surface area contributed by atoms with Crippen molar-refractivity contribution in [3.05, 3.63) is 126 Å². The maximum atomic E-state index is 13.3. The minimum atomic E-state index is -0.610. The number of nitrogens with zero attached hydrogens (tertiary/aromatic N) is 3. The number of hydrogen-bond acceptors (Lipinski definition) is 4. The molecular weight excluding hydrogens is 464 g/mol. The summed E-state index contributed by atoms with van der Waals surface area (Å²) in [6.45, 7) is 1.47. The highest BCUT2D eigenvalue weighted by Crippen LogP contribution is 2.25. The molecule has 6 rings (SSSR count). The van der Waals surface area contributed by atoms with Gasteiger partial charge in [0.15, 0.2) is 5.76 Å². The van der Waals surface area contributed by atoms with Crippen LogP contribution in [-0.2, 0) is 30.8 Å². The number of furan rings is 1. The number of amides is 2. The molecule has 0 aliphatic carbocycles. The van der Waals surface area contributed by atoms with Crippen LogP contribution in [0.1, 0.15) is 32.8 Å². The molecule has 7 heteroatoms. The van der Waals surface area contributed by atoms with Gasteiger partial charge in [-0.2, -0.15) is 0 Å². The Morgan fingerprint density at radius 2 is 1.65 bits per heavy atom. The van der Waals surface area contributed by atoms with Gasteiger partial charge in [-0.3, -0.25) is 9.59 Å². The number of benzene rings is 3. The van der Waals surface area contributed by atoms with Gasteiger partial charge < -0.3 is 19.2 Å². The minimum absolute atomic E-state index is 0.177. The molecular formula is C30H26N4O3. The van der Waals surface area contributed by atoms with Crippen LogP contribution in [-0.4, -0.2) is 32.3 Å². The number of hydrogen-bond donors (Lipinski definition) is 1. The minimum Gasteiger partial charge on any atom is -0.459 e. The highest BCUT2D eigenvalue weighted by Gasteiger charge is 2.35. The summed E-state index contributed by atoms with van der Waals surface area (Å²) in [5.41, 5.74) is 6.36. The fourth-order valence-electron chi connectivity index (χ4n) is 4.91. The number of fused-ring (bicyclic) bond motifs is 2. The van der Waals surface area contributed by atoms with Crippen LogP contribution in [0.3, 0.4) is 0 Å². The molecule has 1 unspecified atom stereocenters. The first kappa shape index (κ1) is 22.8. The monoisotopic (exact) mass is 490 g/mol. The molecule has 0 saturated heterocycles. The highest BCUT2D eigenvalue weighted by atomic mass is 16.3. The van der Waals surface area contributed by atoms with E-state index in [1.807, 2.05) is 60.9 Å². The molecule has 0 bridgehead atoms. The lowest BCUT2D eigenvalue weighted by Crippen LogP contribution is -2.52. The van der Waals surface area contributed by atoms with Gasteiger partial charge in [-0.25, -0.2) is 4.98 Å². The van der Waals surface area contributed by atoms with E-state index in [2.05, 4.69) is 33.1 Å². The Labute approximate surface area is 214 Å². The van der Waals surface area contributed by atoms with E-state index >= 15 is 0 Å². The smallest absolute Gasteiger partial charge is 0.290 e. The average Bonchev–Trinajstić information content (AvgIpc) is 3.62. The van der Waals surface area contributed by atoms with Crippen molar-refractivity contribution < 1.29 is 14.0 Å². The van der Waals surface area contributed by atoms with Gasteiger partial charge in [0.25, 0.3) is 5.91 Å². The molecule has 0 radical (unpaired) electrons. The fourth-order valence-corrected chi connectivity index (χ4v) is 4.91. The Balaban J connectivity index is 1.14. The molecule has 2 aromatic heterocycles. The second kappa shape index (κ2) is 9.78. The Bertz CT molecular complexity index is 1550. The van der Waals surface area contributed by atoms with Crippen LogP contribution in [0.5, 0.6) is 0 Å². The molecule has 5 aromatic rings. The first-order chi connectivity index (χ1) is 18.2. The maximum absolute atomic E-state index is 13.3. The van der Waals surface area contributed by atoms with Crippen molar-refractivity contribution in [3.8, 4) is 0 Å². The molecule has 3 heterocycles. The van der Waals surface area contributed by atoms with Gasteiger partial charge in [-0.1, -0.05) is 60.7 Å². The second-order valence-electron chi connectivity index (χ2n) is 9.29. The van der Waals surface area contributed by atoms with Crippen molar-refractivity contribution in [1.29, 1.82) is 0 Å². The Morgan fingerprint density at radius 1 is 0.892 bits per heavy atom. The summed E-state index contributed by atoms with van der Waals surface area (Å²) in [5, 5.41) is 3.04. The average molecular weight is 491 g/mol. The van der Waals surface area contributed by atoms with Crippen LogP contribution >= 0.6 is 0 Å². The predicted molar refractivity (Wildman–Crippen MR) is 140 cm³/mol. The van der Waals surface area contributed by atoms with Crippen LogP contribution in [0.2, 0.25) is 0 Å². The number of imidazole rings is 1. The summed E-state index contributed by atoms with van der Waals surface area (Å²) in [7, 11) is 0. The van der Waals surface area contributed by atoms with Crippen LogP contribution < -0.4 is 5.32 Å². The largest absolute Gasteiger partial charge is 0.459 e. The highest BCUT2D eigenvalue weighted by molar-refractivity contribution is 5.96. The Kier molecular flexibility index (Phi) is 6.02. The quantitative estimate of drug-likeness (QED) is 0.378. The third-order valence-corrected chi connectivity index (χ3v) is 6.91. The number of carbonyl (C=O) groups excluding carboxylic acids is 2. The van der Waals surface area contributed by atoms with Crippen molar-refractivity contribution in [1.82, 2.24) is 19.8 Å². The first-order valence-electron chi connectivity index (χ1n) is 12.3. The van der Waals surface area contributed by atoms with E-state index in [-0.39, 0.29) is 17.6 Å². The Hall–Kier alpha value is -4.65. The van der Waals surface area contributed by atoms with E-state index in [4.69, 9.17) is 4.42 Å². The van der Waals surface area contributed by atoms with E-state index in [9.17, 15) is 9.59 Å². The number of para-hydroxylation sites is 2. The summed E-state index contributed by atoms with van der Waals surface area (Å²) in [4.78, 5) is 32.5. The lowest BCUT2D eigenvalue weighted by atomic mass is 9.93. The van der Waals surface area contributed by atoms with Crippen LogP contribution in [0.15, 0.2) is 102 Å². The number of rotatable bonds is 6. The van der Waals surface area contributed by atoms with Gasteiger partial charge in [0.05, 0.1) is 23.6 Å². The van der Waals surface area contributed by atoms with Crippen LogP contribution in [0.25, 0.3) is 11.0 Å². The zero-order chi connectivity index (χ0) is 25.2. The van der Waals surface area contributed by atoms with Gasteiger partial charge in [0, 0.05) is 26.1 Å². The molecule has 2 amide bonds. The standard InChI is InChI=1S/C30H26N4O3/c35-29(27-16-23-6-1-2-7-24(23)19-34(27)30(36)28-10-5-15-37-28)31-17-21-11-13-22(14-12-21)18-33-20-32-25-8-3-4-9-26(25)33/h1-15,20,27H,16-19H2,(H,31,35). The first-order valence-corrected chi connectivity index (χ1v) is 12.3. The SMILES string of the molecule is O=C(NCc1ccc(Cn2cnc3ccccc32)cc1)C1Cc2ccccc2CN1C(=O)c1ccco1. The summed E-state index contributed by atoms with van der Waals surface area (Å²) in [5.74, 6) is -0.224.